The second kappa shape index (κ2) is 2.98. The molecule has 0 bridgehead atoms. The maximum Gasteiger partial charge on any atom is 0.284 e. The van der Waals surface area contributed by atoms with Gasteiger partial charge >= 0.3 is 0 Å². The molecule has 0 atom stereocenters. The fourth-order valence-corrected chi connectivity index (χ4v) is 1.59. The van der Waals surface area contributed by atoms with Crippen molar-refractivity contribution in [1.29, 1.82) is 5.41 Å². The summed E-state index contributed by atoms with van der Waals surface area (Å²) in [5.74, 6) is 0.528. The second-order valence-corrected chi connectivity index (χ2v) is 3.10. The van der Waals surface area contributed by atoms with Crippen LogP contribution in [0.2, 0.25) is 0 Å². The van der Waals surface area contributed by atoms with Gasteiger partial charge < -0.3 is 10.5 Å². The van der Waals surface area contributed by atoms with E-state index in [1.54, 1.807) is 12.1 Å². The van der Waals surface area contributed by atoms with Crippen LogP contribution in [0.1, 0.15) is 0 Å². The van der Waals surface area contributed by atoms with E-state index in [0.717, 1.165) is 10.2 Å². The minimum Gasteiger partial charge on any atom is -0.425 e. The van der Waals surface area contributed by atoms with Crippen LogP contribution in [0, 0.1) is 5.41 Å². The summed E-state index contributed by atoms with van der Waals surface area (Å²) in [6, 6.07) is 5.00. The lowest BCUT2D eigenvalue weighted by Gasteiger charge is -2.01. The highest BCUT2D eigenvalue weighted by molar-refractivity contribution is 7.13. The van der Waals surface area contributed by atoms with Gasteiger partial charge in [0.25, 0.3) is 6.02 Å². The van der Waals surface area contributed by atoms with Crippen molar-refractivity contribution < 1.29 is 4.74 Å². The number of aromatic nitrogens is 2. The van der Waals surface area contributed by atoms with Crippen LogP contribution in [0.5, 0.6) is 5.75 Å². The summed E-state index contributed by atoms with van der Waals surface area (Å²) >= 11 is 1.22. The van der Waals surface area contributed by atoms with Crippen LogP contribution in [0.4, 0.5) is 0 Å². The van der Waals surface area contributed by atoms with Gasteiger partial charge in [-0.25, -0.2) is 0 Å². The Bertz CT molecular complexity index is 452. The zero-order chi connectivity index (χ0) is 9.26. The number of ether oxygens (including phenoxy) is 1. The lowest BCUT2D eigenvalue weighted by Crippen LogP contribution is -2.17. The van der Waals surface area contributed by atoms with Crippen molar-refractivity contribution in [1.82, 2.24) is 9.59 Å². The van der Waals surface area contributed by atoms with Crippen molar-refractivity contribution in [3.63, 3.8) is 0 Å². The van der Waals surface area contributed by atoms with Gasteiger partial charge in [0.2, 0.25) is 0 Å². The maximum absolute atomic E-state index is 6.98. The SMILES string of the molecule is N=C(N)Oc1cccc2nnsc12. The van der Waals surface area contributed by atoms with Crippen LogP contribution in [-0.4, -0.2) is 15.6 Å². The third kappa shape index (κ3) is 1.43. The maximum atomic E-state index is 6.98. The van der Waals surface area contributed by atoms with Gasteiger partial charge in [-0.15, -0.1) is 5.10 Å². The first-order valence-corrected chi connectivity index (χ1v) is 4.27. The van der Waals surface area contributed by atoms with Crippen molar-refractivity contribution in [2.75, 3.05) is 0 Å². The smallest absolute Gasteiger partial charge is 0.284 e. The van der Waals surface area contributed by atoms with E-state index in [1.807, 2.05) is 6.07 Å². The Morgan fingerprint density at radius 2 is 2.38 bits per heavy atom. The molecule has 6 heteroatoms. The molecule has 0 unspecified atom stereocenters. The molecule has 3 N–H and O–H groups in total. The van der Waals surface area contributed by atoms with Crippen molar-refractivity contribution in [2.45, 2.75) is 0 Å². The molecule has 13 heavy (non-hydrogen) atoms. The van der Waals surface area contributed by atoms with Crippen molar-refractivity contribution in [3.8, 4) is 5.75 Å². The minimum absolute atomic E-state index is 0.332. The number of fused-ring (bicyclic) bond motifs is 1. The molecule has 66 valence electrons. The Kier molecular flexibility index (Phi) is 1.82. The Balaban J connectivity index is 2.54. The molecular formula is C7H6N4OS. The molecule has 0 aliphatic rings. The Labute approximate surface area is 77.8 Å². The monoisotopic (exact) mass is 194 g/mol. The number of nitrogens with two attached hydrogens (primary N) is 1. The zero-order valence-corrected chi connectivity index (χ0v) is 7.34. The highest BCUT2D eigenvalue weighted by Gasteiger charge is 2.05. The Hall–Kier alpha value is -1.69. The normalized spacial score (nSPS) is 10.2. The van der Waals surface area contributed by atoms with E-state index < -0.39 is 0 Å². The number of hydrogen-bond donors (Lipinski definition) is 2. The van der Waals surface area contributed by atoms with Crippen molar-refractivity contribution in [3.05, 3.63) is 18.2 Å². The summed E-state index contributed by atoms with van der Waals surface area (Å²) < 4.78 is 9.55. The molecule has 0 saturated carbocycles. The third-order valence-electron chi connectivity index (χ3n) is 1.46. The number of benzene rings is 1. The van der Waals surface area contributed by atoms with Crippen molar-refractivity contribution >= 4 is 27.8 Å². The first-order chi connectivity index (χ1) is 6.27. The molecular weight excluding hydrogens is 188 g/mol. The van der Waals surface area contributed by atoms with Gasteiger partial charge in [0.15, 0.2) is 5.75 Å². The lowest BCUT2D eigenvalue weighted by atomic mass is 10.3. The fraction of sp³-hybridized carbons (Fsp3) is 0. The molecule has 2 aromatic rings. The Morgan fingerprint density at radius 3 is 3.15 bits per heavy atom. The number of amidine groups is 1. The summed E-state index contributed by atoms with van der Waals surface area (Å²) in [5, 5.41) is 10.8. The molecule has 1 aromatic carbocycles. The first kappa shape index (κ1) is 7.93. The van der Waals surface area contributed by atoms with E-state index in [4.69, 9.17) is 15.9 Å². The van der Waals surface area contributed by atoms with Gasteiger partial charge in [-0.05, 0) is 23.7 Å². The summed E-state index contributed by atoms with van der Waals surface area (Å²) in [6.45, 7) is 0. The zero-order valence-electron chi connectivity index (χ0n) is 6.52. The molecule has 1 aromatic heterocycles. The van der Waals surface area contributed by atoms with Crippen LogP contribution < -0.4 is 10.5 Å². The van der Waals surface area contributed by atoms with E-state index in [9.17, 15) is 0 Å². The molecule has 0 radical (unpaired) electrons. The van der Waals surface area contributed by atoms with Gasteiger partial charge in [-0.2, -0.15) is 0 Å². The van der Waals surface area contributed by atoms with Crippen molar-refractivity contribution in [2.24, 2.45) is 5.73 Å². The van der Waals surface area contributed by atoms with Crippen LogP contribution in [0.25, 0.3) is 10.2 Å². The first-order valence-electron chi connectivity index (χ1n) is 3.50. The molecule has 2 rings (SSSR count). The molecule has 1 heterocycles. The highest BCUT2D eigenvalue weighted by atomic mass is 32.1. The lowest BCUT2D eigenvalue weighted by molar-refractivity contribution is 0.544. The largest absolute Gasteiger partial charge is 0.425 e. The highest BCUT2D eigenvalue weighted by Crippen LogP contribution is 2.26. The summed E-state index contributed by atoms with van der Waals surface area (Å²) in [6.07, 6.45) is 0. The molecule has 0 amide bonds. The minimum atomic E-state index is -0.332. The van der Waals surface area contributed by atoms with Crippen LogP contribution in [-0.2, 0) is 0 Å². The topological polar surface area (TPSA) is 84.9 Å². The molecule has 0 aliphatic carbocycles. The quantitative estimate of drug-likeness (QED) is 0.523. The van der Waals surface area contributed by atoms with E-state index in [0.29, 0.717) is 5.75 Å². The molecule has 0 fully saturated rings. The Morgan fingerprint density at radius 1 is 1.54 bits per heavy atom. The molecule has 0 saturated heterocycles. The summed E-state index contributed by atoms with van der Waals surface area (Å²) in [4.78, 5) is 0. The van der Waals surface area contributed by atoms with Gasteiger partial charge in [0.05, 0.1) is 0 Å². The van der Waals surface area contributed by atoms with E-state index in [2.05, 4.69) is 9.59 Å². The third-order valence-corrected chi connectivity index (χ3v) is 2.21. The number of hydrogen-bond acceptors (Lipinski definition) is 5. The summed E-state index contributed by atoms with van der Waals surface area (Å²) in [7, 11) is 0. The number of nitrogens with zero attached hydrogens (tertiary/aromatic N) is 2. The van der Waals surface area contributed by atoms with Crippen LogP contribution in [0.3, 0.4) is 0 Å². The van der Waals surface area contributed by atoms with Gasteiger partial charge in [0, 0.05) is 0 Å². The number of nitrogens with one attached hydrogen (secondary N) is 1. The van der Waals surface area contributed by atoms with Gasteiger partial charge in [0.1, 0.15) is 10.2 Å². The van der Waals surface area contributed by atoms with E-state index in [1.165, 1.54) is 11.5 Å². The summed E-state index contributed by atoms with van der Waals surface area (Å²) in [5.41, 5.74) is 5.86. The van der Waals surface area contributed by atoms with Crippen LogP contribution >= 0.6 is 11.5 Å². The molecule has 0 aliphatic heterocycles. The van der Waals surface area contributed by atoms with E-state index in [-0.39, 0.29) is 6.02 Å². The van der Waals surface area contributed by atoms with E-state index >= 15 is 0 Å². The molecule has 0 spiro atoms. The van der Waals surface area contributed by atoms with Gasteiger partial charge in [-0.3, -0.25) is 5.41 Å². The average Bonchev–Trinajstić information content (AvgIpc) is 2.51. The number of rotatable bonds is 1. The average molecular weight is 194 g/mol. The molecule has 5 nitrogen and oxygen atoms in total. The predicted octanol–water partition coefficient (Wildman–Crippen LogP) is 0.964. The van der Waals surface area contributed by atoms with Crippen LogP contribution in [0.15, 0.2) is 18.2 Å². The fourth-order valence-electron chi connectivity index (χ4n) is 0.979. The second-order valence-electron chi connectivity index (χ2n) is 2.34. The standard InChI is InChI=1S/C7H6N4OS/c8-7(9)12-5-3-1-2-4-6(5)13-11-10-4/h1-3H,(H3,8,9). The predicted molar refractivity (Wildman–Crippen MR) is 50.0 cm³/mol. The van der Waals surface area contributed by atoms with Gasteiger partial charge in [-0.1, -0.05) is 10.6 Å².